The molecule has 0 aliphatic carbocycles. The van der Waals surface area contributed by atoms with Gasteiger partial charge in [0.25, 0.3) is 0 Å². The highest BCUT2D eigenvalue weighted by Gasteiger charge is 2.12. The molecule has 0 bridgehead atoms. The van der Waals surface area contributed by atoms with Crippen LogP contribution in [0, 0.1) is 6.92 Å². The Bertz CT molecular complexity index is 378. The van der Waals surface area contributed by atoms with E-state index in [9.17, 15) is 0 Å². The van der Waals surface area contributed by atoms with Crippen molar-refractivity contribution in [2.75, 3.05) is 39.1 Å². The van der Waals surface area contributed by atoms with Crippen molar-refractivity contribution >= 4 is 5.95 Å². The van der Waals surface area contributed by atoms with Crippen molar-refractivity contribution in [1.29, 1.82) is 0 Å². The zero-order valence-corrected chi connectivity index (χ0v) is 13.6. The van der Waals surface area contributed by atoms with Crippen molar-refractivity contribution < 1.29 is 4.74 Å². The SMILES string of the molecule is CCCCn1cc(C)nc1NCC(CN(C)CC)OC. The molecule has 0 fully saturated rings. The van der Waals surface area contributed by atoms with Gasteiger partial charge < -0.3 is 19.5 Å². The van der Waals surface area contributed by atoms with Crippen LogP contribution in [0.3, 0.4) is 0 Å². The number of aromatic nitrogens is 2. The van der Waals surface area contributed by atoms with Gasteiger partial charge in [0, 0.05) is 32.9 Å². The van der Waals surface area contributed by atoms with Gasteiger partial charge in [-0.3, -0.25) is 0 Å². The van der Waals surface area contributed by atoms with Crippen LogP contribution in [0.5, 0.6) is 0 Å². The van der Waals surface area contributed by atoms with Crippen molar-refractivity contribution in [3.63, 3.8) is 0 Å². The number of aryl methyl sites for hydroxylation is 2. The van der Waals surface area contributed by atoms with Gasteiger partial charge >= 0.3 is 0 Å². The van der Waals surface area contributed by atoms with E-state index in [1.54, 1.807) is 7.11 Å². The zero-order chi connectivity index (χ0) is 15.0. The van der Waals surface area contributed by atoms with Crippen molar-refractivity contribution in [1.82, 2.24) is 14.5 Å². The second-order valence-corrected chi connectivity index (χ2v) is 5.35. The number of likely N-dealkylation sites (N-methyl/N-ethyl adjacent to an activating group) is 1. The predicted octanol–water partition coefficient (Wildman–Crippen LogP) is 2.37. The van der Waals surface area contributed by atoms with Gasteiger partial charge in [-0.15, -0.1) is 0 Å². The minimum Gasteiger partial charge on any atom is -0.378 e. The van der Waals surface area contributed by atoms with Crippen LogP contribution in [0.1, 0.15) is 32.4 Å². The monoisotopic (exact) mass is 282 g/mol. The summed E-state index contributed by atoms with van der Waals surface area (Å²) in [5.74, 6) is 0.956. The maximum atomic E-state index is 5.53. The fourth-order valence-electron chi connectivity index (χ4n) is 2.09. The van der Waals surface area contributed by atoms with Gasteiger partial charge in [-0.05, 0) is 26.9 Å². The van der Waals surface area contributed by atoms with Crippen LogP contribution in [0.2, 0.25) is 0 Å². The first-order chi connectivity index (χ1) is 9.60. The molecule has 1 atom stereocenters. The Morgan fingerprint density at radius 3 is 2.80 bits per heavy atom. The molecule has 116 valence electrons. The van der Waals surface area contributed by atoms with Gasteiger partial charge in [0.2, 0.25) is 5.95 Å². The van der Waals surface area contributed by atoms with Gasteiger partial charge in [-0.25, -0.2) is 4.98 Å². The molecule has 0 saturated heterocycles. The molecule has 1 aromatic heterocycles. The average Bonchev–Trinajstić information content (AvgIpc) is 2.80. The number of imidazole rings is 1. The number of anilines is 1. The summed E-state index contributed by atoms with van der Waals surface area (Å²) in [5.41, 5.74) is 1.06. The van der Waals surface area contributed by atoms with Crippen LogP contribution in [0.4, 0.5) is 5.95 Å². The third kappa shape index (κ3) is 5.51. The fourth-order valence-corrected chi connectivity index (χ4v) is 2.09. The van der Waals surface area contributed by atoms with Crippen molar-refractivity contribution in [3.05, 3.63) is 11.9 Å². The maximum absolute atomic E-state index is 5.53. The van der Waals surface area contributed by atoms with Crippen LogP contribution >= 0.6 is 0 Å². The lowest BCUT2D eigenvalue weighted by Gasteiger charge is -2.22. The molecule has 5 heteroatoms. The smallest absolute Gasteiger partial charge is 0.203 e. The highest BCUT2D eigenvalue weighted by atomic mass is 16.5. The quantitative estimate of drug-likeness (QED) is 0.715. The number of nitrogens with one attached hydrogen (secondary N) is 1. The molecule has 0 radical (unpaired) electrons. The highest BCUT2D eigenvalue weighted by molar-refractivity contribution is 5.28. The molecule has 0 aliphatic rings. The third-order valence-corrected chi connectivity index (χ3v) is 3.53. The van der Waals surface area contributed by atoms with Gasteiger partial charge in [0.1, 0.15) is 0 Å². The molecule has 1 heterocycles. The third-order valence-electron chi connectivity index (χ3n) is 3.53. The Morgan fingerprint density at radius 2 is 2.20 bits per heavy atom. The summed E-state index contributed by atoms with van der Waals surface area (Å²) in [6.07, 6.45) is 4.66. The molecule has 1 unspecified atom stereocenters. The minimum atomic E-state index is 0.177. The van der Waals surface area contributed by atoms with Crippen LogP contribution < -0.4 is 5.32 Å². The molecule has 1 rings (SSSR count). The summed E-state index contributed by atoms with van der Waals surface area (Å²) in [4.78, 5) is 6.81. The number of unbranched alkanes of at least 4 members (excludes halogenated alkanes) is 1. The largest absolute Gasteiger partial charge is 0.378 e. The van der Waals surface area contributed by atoms with E-state index in [1.165, 1.54) is 12.8 Å². The molecule has 5 nitrogen and oxygen atoms in total. The number of ether oxygens (including phenoxy) is 1. The van der Waals surface area contributed by atoms with E-state index >= 15 is 0 Å². The Labute approximate surface area is 123 Å². The summed E-state index contributed by atoms with van der Waals surface area (Å²) in [6.45, 7) is 10.2. The molecule has 0 spiro atoms. The van der Waals surface area contributed by atoms with Gasteiger partial charge in [-0.1, -0.05) is 20.3 Å². The minimum absolute atomic E-state index is 0.177. The van der Waals surface area contributed by atoms with E-state index in [-0.39, 0.29) is 6.10 Å². The van der Waals surface area contributed by atoms with E-state index in [1.807, 2.05) is 6.92 Å². The molecule has 0 aromatic carbocycles. The molecular weight excluding hydrogens is 252 g/mol. The van der Waals surface area contributed by atoms with Crippen LogP contribution in [-0.4, -0.2) is 54.3 Å². The number of rotatable bonds is 10. The summed E-state index contributed by atoms with van der Waals surface area (Å²) in [6, 6.07) is 0. The van der Waals surface area contributed by atoms with Gasteiger partial charge in [0.05, 0.1) is 11.8 Å². The maximum Gasteiger partial charge on any atom is 0.203 e. The Kier molecular flexibility index (Phi) is 7.62. The van der Waals surface area contributed by atoms with Gasteiger partial charge in [-0.2, -0.15) is 0 Å². The standard InChI is InChI=1S/C15H30N4O/c1-6-8-9-19-11-13(3)17-15(19)16-10-14(20-5)12-18(4)7-2/h11,14H,6-10,12H2,1-5H3,(H,16,17). The Hall–Kier alpha value is -1.07. The summed E-state index contributed by atoms with van der Waals surface area (Å²) < 4.78 is 7.73. The number of nitrogens with zero attached hydrogens (tertiary/aromatic N) is 3. The lowest BCUT2D eigenvalue weighted by molar-refractivity contribution is 0.0826. The normalized spacial score (nSPS) is 12.9. The van der Waals surface area contributed by atoms with E-state index in [2.05, 4.69) is 46.9 Å². The highest BCUT2D eigenvalue weighted by Crippen LogP contribution is 2.10. The lowest BCUT2D eigenvalue weighted by atomic mass is 10.3. The first kappa shape index (κ1) is 17.0. The molecule has 0 amide bonds. The van der Waals surface area contributed by atoms with Crippen molar-refractivity contribution in [3.8, 4) is 0 Å². The summed E-state index contributed by atoms with van der Waals surface area (Å²) >= 11 is 0. The lowest BCUT2D eigenvalue weighted by Crippen LogP contribution is -2.35. The number of hydrogen-bond acceptors (Lipinski definition) is 4. The second kappa shape index (κ2) is 8.97. The Morgan fingerprint density at radius 1 is 1.45 bits per heavy atom. The van der Waals surface area contributed by atoms with Gasteiger partial charge in [0.15, 0.2) is 0 Å². The van der Waals surface area contributed by atoms with Crippen LogP contribution in [0.15, 0.2) is 6.20 Å². The van der Waals surface area contributed by atoms with Crippen LogP contribution in [0.25, 0.3) is 0 Å². The van der Waals surface area contributed by atoms with E-state index < -0.39 is 0 Å². The Balaban J connectivity index is 2.54. The summed E-state index contributed by atoms with van der Waals surface area (Å²) in [5, 5.41) is 3.42. The second-order valence-electron chi connectivity index (χ2n) is 5.35. The van der Waals surface area contributed by atoms with Crippen LogP contribution in [-0.2, 0) is 11.3 Å². The molecule has 0 saturated carbocycles. The topological polar surface area (TPSA) is 42.3 Å². The van der Waals surface area contributed by atoms with E-state index in [4.69, 9.17) is 4.74 Å². The zero-order valence-electron chi connectivity index (χ0n) is 13.6. The fraction of sp³-hybridized carbons (Fsp3) is 0.800. The first-order valence-corrected chi connectivity index (χ1v) is 7.59. The molecule has 0 aliphatic heterocycles. The molecule has 1 N–H and O–H groups in total. The molecular formula is C15H30N4O. The van der Waals surface area contributed by atoms with E-state index in [0.717, 1.165) is 37.8 Å². The predicted molar refractivity (Wildman–Crippen MR) is 84.3 cm³/mol. The summed E-state index contributed by atoms with van der Waals surface area (Å²) in [7, 11) is 3.88. The van der Waals surface area contributed by atoms with Crippen molar-refractivity contribution in [2.24, 2.45) is 0 Å². The first-order valence-electron chi connectivity index (χ1n) is 7.59. The molecule has 20 heavy (non-hydrogen) atoms. The number of methoxy groups -OCH3 is 1. The van der Waals surface area contributed by atoms with Crippen molar-refractivity contribution in [2.45, 2.75) is 46.3 Å². The average molecular weight is 282 g/mol. The molecule has 1 aromatic rings. The van der Waals surface area contributed by atoms with E-state index in [0.29, 0.717) is 0 Å². The number of hydrogen-bond donors (Lipinski definition) is 1.